The summed E-state index contributed by atoms with van der Waals surface area (Å²) in [6.07, 6.45) is -4.68. The van der Waals surface area contributed by atoms with Crippen LogP contribution in [-0.2, 0) is 16.1 Å². The molecule has 0 saturated carbocycles. The number of morpholine rings is 1. The first-order valence-corrected chi connectivity index (χ1v) is 10.4. The molecular formula is C20H22F4N2O3S. The highest BCUT2D eigenvalue weighted by Gasteiger charge is 2.46. The van der Waals surface area contributed by atoms with Crippen LogP contribution in [0.5, 0.6) is 0 Å². The van der Waals surface area contributed by atoms with Gasteiger partial charge >= 0.3 is 12.1 Å². The van der Waals surface area contributed by atoms with Gasteiger partial charge < -0.3 is 14.7 Å². The van der Waals surface area contributed by atoms with E-state index in [1.807, 2.05) is 4.90 Å². The Morgan fingerprint density at radius 1 is 1.30 bits per heavy atom. The summed E-state index contributed by atoms with van der Waals surface area (Å²) in [5, 5.41) is 9.69. The minimum atomic E-state index is -4.82. The van der Waals surface area contributed by atoms with Crippen molar-refractivity contribution in [2.24, 2.45) is 0 Å². The van der Waals surface area contributed by atoms with Crippen molar-refractivity contribution >= 4 is 17.7 Å². The largest absolute Gasteiger partial charge is 0.478 e. The summed E-state index contributed by atoms with van der Waals surface area (Å²) in [4.78, 5) is 15.3. The van der Waals surface area contributed by atoms with Crippen LogP contribution < -0.4 is 0 Å². The van der Waals surface area contributed by atoms with Gasteiger partial charge in [0.1, 0.15) is 17.6 Å². The number of thioether (sulfide) groups is 1. The molecule has 0 aromatic heterocycles. The molecule has 2 aliphatic rings. The second kappa shape index (κ2) is 9.40. The van der Waals surface area contributed by atoms with Gasteiger partial charge in [-0.1, -0.05) is 19.1 Å². The van der Waals surface area contributed by atoms with Crippen LogP contribution in [0.4, 0.5) is 17.6 Å². The molecule has 2 aliphatic heterocycles. The van der Waals surface area contributed by atoms with Gasteiger partial charge in [-0.25, -0.2) is 9.18 Å². The second-order valence-electron chi connectivity index (χ2n) is 6.82. The predicted molar refractivity (Wildman–Crippen MR) is 105 cm³/mol. The first kappa shape index (κ1) is 22.6. The van der Waals surface area contributed by atoms with Crippen molar-refractivity contribution in [2.45, 2.75) is 25.8 Å². The first-order valence-electron chi connectivity index (χ1n) is 9.45. The van der Waals surface area contributed by atoms with Crippen LogP contribution in [0.3, 0.4) is 0 Å². The van der Waals surface area contributed by atoms with E-state index in [9.17, 15) is 27.5 Å². The molecule has 164 valence electrons. The topological polar surface area (TPSA) is 53.0 Å². The zero-order chi connectivity index (χ0) is 21.9. The zero-order valence-electron chi connectivity index (χ0n) is 16.3. The third kappa shape index (κ3) is 4.98. The van der Waals surface area contributed by atoms with Crippen LogP contribution in [0.15, 0.2) is 46.5 Å². The Balaban J connectivity index is 2.13. The fraction of sp³-hybridized carbons (Fsp3) is 0.450. The number of benzene rings is 1. The first-order chi connectivity index (χ1) is 14.2. The average Bonchev–Trinajstić information content (AvgIpc) is 2.68. The van der Waals surface area contributed by atoms with Crippen molar-refractivity contribution in [3.63, 3.8) is 0 Å². The van der Waals surface area contributed by atoms with Gasteiger partial charge in [-0.15, -0.1) is 11.8 Å². The van der Waals surface area contributed by atoms with Gasteiger partial charge in [0.05, 0.1) is 23.8 Å². The molecule has 10 heteroatoms. The normalized spacial score (nSPS) is 21.0. The Morgan fingerprint density at radius 3 is 2.57 bits per heavy atom. The lowest BCUT2D eigenvalue weighted by Gasteiger charge is -2.45. The van der Waals surface area contributed by atoms with Crippen LogP contribution in [0.2, 0.25) is 0 Å². The van der Waals surface area contributed by atoms with Gasteiger partial charge in [-0.3, -0.25) is 4.90 Å². The number of nitrogens with zero attached hydrogens (tertiary/aromatic N) is 2. The number of carboxylic acids is 1. The Bertz CT molecular complexity index is 851. The van der Waals surface area contributed by atoms with E-state index in [1.165, 1.54) is 18.2 Å². The Morgan fingerprint density at radius 2 is 2.00 bits per heavy atom. The lowest BCUT2D eigenvalue weighted by atomic mass is 10.00. The predicted octanol–water partition coefficient (Wildman–Crippen LogP) is 3.84. The maximum absolute atomic E-state index is 13.8. The number of carbonyl (C=O) groups is 1. The number of aliphatic carboxylic acids is 1. The molecule has 5 nitrogen and oxygen atoms in total. The van der Waals surface area contributed by atoms with Crippen LogP contribution >= 0.6 is 11.8 Å². The van der Waals surface area contributed by atoms with Gasteiger partial charge in [0.15, 0.2) is 0 Å². The molecule has 3 rings (SSSR count). The summed E-state index contributed by atoms with van der Waals surface area (Å²) in [5.41, 5.74) is -1.38. The molecule has 0 amide bonds. The van der Waals surface area contributed by atoms with Crippen molar-refractivity contribution in [3.05, 3.63) is 57.9 Å². The number of hydrogen-bond donors (Lipinski definition) is 1. The number of carboxylic acid groups (broad SMARTS) is 1. The maximum atomic E-state index is 13.8. The highest BCUT2D eigenvalue weighted by Crippen LogP contribution is 2.43. The van der Waals surface area contributed by atoms with Crippen molar-refractivity contribution in [1.82, 2.24) is 9.80 Å². The molecular weight excluding hydrogens is 424 g/mol. The lowest BCUT2D eigenvalue weighted by molar-refractivity contribution is -0.135. The smallest absolute Gasteiger partial charge is 0.417 e. The van der Waals surface area contributed by atoms with E-state index in [-0.39, 0.29) is 11.6 Å². The number of alkyl halides is 3. The Labute approximate surface area is 176 Å². The molecule has 0 bridgehead atoms. The fourth-order valence-corrected chi connectivity index (χ4v) is 4.53. The molecule has 30 heavy (non-hydrogen) atoms. The van der Waals surface area contributed by atoms with Crippen LogP contribution in [0, 0.1) is 5.82 Å². The zero-order valence-corrected chi connectivity index (χ0v) is 17.1. The van der Waals surface area contributed by atoms with E-state index in [1.54, 1.807) is 17.9 Å². The van der Waals surface area contributed by atoms with Crippen molar-refractivity contribution in [1.29, 1.82) is 0 Å². The number of rotatable bonds is 6. The molecule has 1 aromatic carbocycles. The molecule has 1 atom stereocenters. The van der Waals surface area contributed by atoms with E-state index in [2.05, 4.69) is 0 Å². The molecule has 2 heterocycles. The van der Waals surface area contributed by atoms with Crippen LogP contribution in [0.1, 0.15) is 12.5 Å². The van der Waals surface area contributed by atoms with Crippen LogP contribution in [0.25, 0.3) is 0 Å². The third-order valence-corrected chi connectivity index (χ3v) is 5.84. The van der Waals surface area contributed by atoms with Gasteiger partial charge in [0, 0.05) is 19.6 Å². The van der Waals surface area contributed by atoms with Gasteiger partial charge in [-0.2, -0.15) is 13.2 Å². The average molecular weight is 446 g/mol. The van der Waals surface area contributed by atoms with E-state index in [0.29, 0.717) is 37.6 Å². The van der Waals surface area contributed by atoms with E-state index < -0.39 is 35.3 Å². The number of ether oxygens (including phenoxy) is 1. The summed E-state index contributed by atoms with van der Waals surface area (Å²) in [6, 6.07) is 5.76. The third-order valence-electron chi connectivity index (χ3n) is 4.84. The molecule has 0 spiro atoms. The van der Waals surface area contributed by atoms with E-state index in [4.69, 9.17) is 4.74 Å². The minimum absolute atomic E-state index is 0.0283. The number of halogens is 4. The summed E-state index contributed by atoms with van der Waals surface area (Å²) in [5.74, 6) is -1.72. The standard InChI is InChI=1S/C20H22F4N2O3S/c1-2-30-18-17(19(27)28)15(20(22,23)24)11-16(25-6-8-29-9-7-25)26(18)12-13-4-3-5-14(21)10-13/h3-5,10-11,16H,2,6-9,12H2,1H3,(H,27,28). The highest BCUT2D eigenvalue weighted by molar-refractivity contribution is 8.03. The molecule has 1 N–H and O–H groups in total. The van der Waals surface area contributed by atoms with Crippen molar-refractivity contribution in [2.75, 3.05) is 32.1 Å². The lowest BCUT2D eigenvalue weighted by Crippen LogP contribution is -2.53. The van der Waals surface area contributed by atoms with Gasteiger partial charge in [0.25, 0.3) is 0 Å². The fourth-order valence-electron chi connectivity index (χ4n) is 3.58. The molecule has 1 fully saturated rings. The molecule has 0 aliphatic carbocycles. The summed E-state index contributed by atoms with van der Waals surface area (Å²) in [6.45, 7) is 3.35. The van der Waals surface area contributed by atoms with E-state index in [0.717, 1.165) is 17.8 Å². The monoisotopic (exact) mass is 446 g/mol. The van der Waals surface area contributed by atoms with Gasteiger partial charge in [-0.05, 0) is 29.5 Å². The van der Waals surface area contributed by atoms with E-state index >= 15 is 0 Å². The quantitative estimate of drug-likeness (QED) is 0.671. The highest BCUT2D eigenvalue weighted by atomic mass is 32.2. The summed E-state index contributed by atoms with van der Waals surface area (Å²) < 4.78 is 60.5. The number of hydrogen-bond acceptors (Lipinski definition) is 5. The molecule has 1 unspecified atom stereocenters. The summed E-state index contributed by atoms with van der Waals surface area (Å²) >= 11 is 1.04. The molecule has 1 aromatic rings. The Hall–Kier alpha value is -2.04. The van der Waals surface area contributed by atoms with Crippen molar-refractivity contribution < 1.29 is 32.2 Å². The van der Waals surface area contributed by atoms with Crippen LogP contribution in [-0.4, -0.2) is 65.3 Å². The molecule has 0 radical (unpaired) electrons. The molecule has 1 saturated heterocycles. The Kier molecular flexibility index (Phi) is 7.10. The van der Waals surface area contributed by atoms with Crippen molar-refractivity contribution in [3.8, 4) is 0 Å². The second-order valence-corrected chi connectivity index (χ2v) is 8.07. The minimum Gasteiger partial charge on any atom is -0.478 e. The maximum Gasteiger partial charge on any atom is 0.417 e. The van der Waals surface area contributed by atoms with Gasteiger partial charge in [0.2, 0.25) is 0 Å². The SMILES string of the molecule is CCSC1=C(C(=O)O)C(C(F)(F)F)=CC(N2CCOCC2)N1Cc1cccc(F)c1. The summed E-state index contributed by atoms with van der Waals surface area (Å²) in [7, 11) is 0.